The zero-order valence-corrected chi connectivity index (χ0v) is 12.7. The summed E-state index contributed by atoms with van der Waals surface area (Å²) in [5.74, 6) is -0.0989. The molecule has 1 unspecified atom stereocenters. The molecule has 1 atom stereocenters. The van der Waals surface area contributed by atoms with Crippen molar-refractivity contribution in [3.05, 3.63) is 0 Å². The van der Waals surface area contributed by atoms with E-state index in [0.717, 1.165) is 26.2 Å². The highest BCUT2D eigenvalue weighted by molar-refractivity contribution is 6.05. The predicted molar refractivity (Wildman–Crippen MR) is 78.3 cm³/mol. The van der Waals surface area contributed by atoms with Crippen LogP contribution in [0.3, 0.4) is 0 Å². The number of carbonyl (C=O) groups excluding carboxylic acids is 2. The van der Waals surface area contributed by atoms with Crippen molar-refractivity contribution < 1.29 is 9.59 Å². The van der Waals surface area contributed by atoms with Gasteiger partial charge in [-0.25, -0.2) is 0 Å². The van der Waals surface area contributed by atoms with Crippen molar-refractivity contribution in [2.75, 3.05) is 26.2 Å². The fraction of sp³-hybridized carbons (Fsp3) is 0.867. The second-order valence-corrected chi connectivity index (χ2v) is 6.16. The highest BCUT2D eigenvalue weighted by Gasteiger charge is 2.39. The molecule has 5 heteroatoms. The molecule has 2 amide bonds. The highest BCUT2D eigenvalue weighted by Crippen LogP contribution is 2.16. The largest absolute Gasteiger partial charge is 0.304 e. The Hall–Kier alpha value is -0.940. The third kappa shape index (κ3) is 3.79. The molecule has 0 aromatic rings. The Bertz CT molecular complexity index is 349. The molecular weight excluding hydrogens is 254 g/mol. The van der Waals surface area contributed by atoms with Crippen molar-refractivity contribution in [1.82, 2.24) is 15.1 Å². The van der Waals surface area contributed by atoms with Gasteiger partial charge in [0.2, 0.25) is 11.8 Å². The molecule has 20 heavy (non-hydrogen) atoms. The van der Waals surface area contributed by atoms with Crippen LogP contribution in [0.25, 0.3) is 0 Å². The van der Waals surface area contributed by atoms with E-state index in [1.165, 1.54) is 30.6 Å². The molecule has 0 aromatic heterocycles. The van der Waals surface area contributed by atoms with Gasteiger partial charge in [0.1, 0.15) is 0 Å². The maximum absolute atomic E-state index is 12.1. The number of likely N-dealkylation sites (tertiary alicyclic amines) is 2. The molecule has 2 rings (SSSR count). The van der Waals surface area contributed by atoms with Crippen LogP contribution in [0.4, 0.5) is 0 Å². The van der Waals surface area contributed by atoms with Gasteiger partial charge in [-0.15, -0.1) is 0 Å². The van der Waals surface area contributed by atoms with Gasteiger partial charge in [-0.05, 0) is 39.8 Å². The zero-order valence-electron chi connectivity index (χ0n) is 12.7. The summed E-state index contributed by atoms with van der Waals surface area (Å²) >= 11 is 0. The fourth-order valence-corrected chi connectivity index (χ4v) is 3.11. The van der Waals surface area contributed by atoms with Crippen LogP contribution in [0.15, 0.2) is 0 Å². The van der Waals surface area contributed by atoms with Gasteiger partial charge in [-0.1, -0.05) is 12.8 Å². The van der Waals surface area contributed by atoms with Crippen molar-refractivity contribution in [1.29, 1.82) is 0 Å². The Morgan fingerprint density at radius 1 is 1.15 bits per heavy atom. The van der Waals surface area contributed by atoms with Crippen molar-refractivity contribution in [2.24, 2.45) is 0 Å². The molecule has 0 bridgehead atoms. The Kier molecular flexibility index (Phi) is 5.54. The molecule has 2 heterocycles. The van der Waals surface area contributed by atoms with Gasteiger partial charge in [0, 0.05) is 19.1 Å². The fourth-order valence-electron chi connectivity index (χ4n) is 3.11. The van der Waals surface area contributed by atoms with Gasteiger partial charge in [0.05, 0.1) is 12.5 Å². The summed E-state index contributed by atoms with van der Waals surface area (Å²) in [5.41, 5.74) is 0. The molecule has 0 aromatic carbocycles. The molecule has 2 fully saturated rings. The van der Waals surface area contributed by atoms with E-state index in [1.54, 1.807) is 0 Å². The highest BCUT2D eigenvalue weighted by atomic mass is 16.2. The molecule has 114 valence electrons. The van der Waals surface area contributed by atoms with Gasteiger partial charge in [-0.2, -0.15) is 0 Å². The molecule has 2 aliphatic heterocycles. The standard InChI is InChI=1S/C15H27N3O2/c1-12(2)18-14(19)11-13(15(18)20)16-7-10-17-8-5-3-4-6-9-17/h12-13,16H,3-11H2,1-2H3. The minimum absolute atomic E-state index is 0.0348. The predicted octanol–water partition coefficient (Wildman–Crippen LogP) is 0.988. The first-order valence-corrected chi connectivity index (χ1v) is 7.91. The number of hydrogen-bond donors (Lipinski definition) is 1. The van der Waals surface area contributed by atoms with E-state index < -0.39 is 0 Å². The van der Waals surface area contributed by atoms with E-state index in [1.807, 2.05) is 13.8 Å². The first-order chi connectivity index (χ1) is 9.59. The molecule has 5 nitrogen and oxygen atoms in total. The average molecular weight is 281 g/mol. The Labute approximate surface area is 121 Å². The van der Waals surface area contributed by atoms with Crippen molar-refractivity contribution in [3.8, 4) is 0 Å². The molecule has 0 radical (unpaired) electrons. The van der Waals surface area contributed by atoms with Crippen LogP contribution >= 0.6 is 0 Å². The van der Waals surface area contributed by atoms with Crippen molar-refractivity contribution >= 4 is 11.8 Å². The van der Waals surface area contributed by atoms with Gasteiger partial charge < -0.3 is 10.2 Å². The number of amides is 2. The number of carbonyl (C=O) groups is 2. The smallest absolute Gasteiger partial charge is 0.247 e. The maximum Gasteiger partial charge on any atom is 0.247 e. The van der Waals surface area contributed by atoms with E-state index in [2.05, 4.69) is 10.2 Å². The molecule has 0 aliphatic carbocycles. The number of hydrogen-bond acceptors (Lipinski definition) is 4. The van der Waals surface area contributed by atoms with Crippen molar-refractivity contribution in [2.45, 2.75) is 58.0 Å². The summed E-state index contributed by atoms with van der Waals surface area (Å²) in [7, 11) is 0. The minimum atomic E-state index is -0.308. The third-order valence-electron chi connectivity index (χ3n) is 4.22. The van der Waals surface area contributed by atoms with Crippen molar-refractivity contribution in [3.63, 3.8) is 0 Å². The zero-order chi connectivity index (χ0) is 14.5. The van der Waals surface area contributed by atoms with E-state index >= 15 is 0 Å². The quantitative estimate of drug-likeness (QED) is 0.764. The first kappa shape index (κ1) is 15.4. The van der Waals surface area contributed by atoms with Crippen LogP contribution in [0.5, 0.6) is 0 Å². The first-order valence-electron chi connectivity index (χ1n) is 7.91. The van der Waals surface area contributed by atoms with Gasteiger partial charge >= 0.3 is 0 Å². The van der Waals surface area contributed by atoms with Crippen LogP contribution in [0.1, 0.15) is 46.0 Å². The van der Waals surface area contributed by atoms with E-state index in [-0.39, 0.29) is 23.9 Å². The monoisotopic (exact) mass is 281 g/mol. The minimum Gasteiger partial charge on any atom is -0.304 e. The average Bonchev–Trinajstić information content (AvgIpc) is 2.58. The lowest BCUT2D eigenvalue weighted by Gasteiger charge is -2.22. The topological polar surface area (TPSA) is 52.7 Å². The van der Waals surface area contributed by atoms with Crippen LogP contribution in [-0.2, 0) is 9.59 Å². The number of nitrogens with one attached hydrogen (secondary N) is 1. The van der Waals surface area contributed by atoms with Crippen LogP contribution < -0.4 is 5.32 Å². The molecule has 0 spiro atoms. The number of imide groups is 1. The molecular formula is C15H27N3O2. The summed E-state index contributed by atoms with van der Waals surface area (Å²) in [6.07, 6.45) is 5.55. The lowest BCUT2D eigenvalue weighted by Crippen LogP contribution is -2.44. The van der Waals surface area contributed by atoms with E-state index in [4.69, 9.17) is 0 Å². The molecule has 2 aliphatic rings. The van der Waals surface area contributed by atoms with Gasteiger partial charge in [-0.3, -0.25) is 14.5 Å². The Morgan fingerprint density at radius 3 is 2.35 bits per heavy atom. The SMILES string of the molecule is CC(C)N1C(=O)CC(NCCN2CCCCCC2)C1=O. The second kappa shape index (κ2) is 7.18. The molecule has 0 saturated carbocycles. The molecule has 2 saturated heterocycles. The lowest BCUT2D eigenvalue weighted by atomic mass is 10.2. The normalized spacial score (nSPS) is 25.6. The summed E-state index contributed by atoms with van der Waals surface area (Å²) in [6.45, 7) is 7.86. The third-order valence-corrected chi connectivity index (χ3v) is 4.22. The van der Waals surface area contributed by atoms with Crippen LogP contribution in [0.2, 0.25) is 0 Å². The maximum atomic E-state index is 12.1. The summed E-state index contributed by atoms with van der Waals surface area (Å²) in [5, 5.41) is 3.26. The van der Waals surface area contributed by atoms with Gasteiger partial charge in [0.15, 0.2) is 0 Å². The summed E-state index contributed by atoms with van der Waals surface area (Å²) < 4.78 is 0. The number of rotatable bonds is 5. The number of nitrogens with zero attached hydrogens (tertiary/aromatic N) is 2. The van der Waals surface area contributed by atoms with Crippen LogP contribution in [0, 0.1) is 0 Å². The lowest BCUT2D eigenvalue weighted by molar-refractivity contribution is -0.140. The van der Waals surface area contributed by atoms with E-state index in [9.17, 15) is 9.59 Å². The van der Waals surface area contributed by atoms with Gasteiger partial charge in [0.25, 0.3) is 0 Å². The Morgan fingerprint density at radius 2 is 1.80 bits per heavy atom. The summed E-state index contributed by atoms with van der Waals surface area (Å²) in [4.78, 5) is 27.8. The molecule has 1 N–H and O–H groups in total. The second-order valence-electron chi connectivity index (χ2n) is 6.16. The van der Waals surface area contributed by atoms with Crippen LogP contribution in [-0.4, -0.2) is 59.9 Å². The summed E-state index contributed by atoms with van der Waals surface area (Å²) in [6, 6.07) is -0.343. The van der Waals surface area contributed by atoms with E-state index in [0.29, 0.717) is 6.42 Å². The Balaban J connectivity index is 1.74.